The largest absolute Gasteiger partial charge is 0.472 e. The second-order valence-electron chi connectivity index (χ2n) is 29.4. The van der Waals surface area contributed by atoms with E-state index in [4.69, 9.17) is 37.0 Å². The number of carbonyl (C=O) groups excluding carboxylic acids is 4. The number of phosphoric acid groups is 2. The minimum absolute atomic E-state index is 0.108. The Bertz CT molecular complexity index is 1890. The van der Waals surface area contributed by atoms with E-state index in [0.29, 0.717) is 25.7 Å². The van der Waals surface area contributed by atoms with E-state index in [1.807, 2.05) is 0 Å². The number of carbonyl (C=O) groups is 4. The van der Waals surface area contributed by atoms with E-state index in [1.165, 1.54) is 231 Å². The molecule has 0 saturated heterocycles. The summed E-state index contributed by atoms with van der Waals surface area (Å²) in [5.41, 5.74) is 0. The highest BCUT2D eigenvalue weighted by atomic mass is 31.2. The summed E-state index contributed by atoms with van der Waals surface area (Å²) in [5.74, 6) is -0.579. The molecule has 0 saturated carbocycles. The van der Waals surface area contributed by atoms with Crippen LogP contribution in [0.2, 0.25) is 0 Å². The summed E-state index contributed by atoms with van der Waals surface area (Å²) in [4.78, 5) is 73.0. The Labute approximate surface area is 600 Å². The molecule has 5 atom stereocenters. The molecule has 19 heteroatoms. The van der Waals surface area contributed by atoms with Gasteiger partial charge < -0.3 is 33.8 Å². The molecule has 0 bridgehead atoms. The zero-order valence-corrected chi connectivity index (χ0v) is 65.9. The van der Waals surface area contributed by atoms with Crippen LogP contribution in [0.4, 0.5) is 0 Å². The fourth-order valence-corrected chi connectivity index (χ4v) is 13.8. The van der Waals surface area contributed by atoms with Crippen molar-refractivity contribution in [3.8, 4) is 0 Å². The van der Waals surface area contributed by atoms with Crippen molar-refractivity contribution in [1.82, 2.24) is 0 Å². The van der Waals surface area contributed by atoms with Crippen LogP contribution in [0.25, 0.3) is 0 Å². The standard InChI is InChI=1S/C79H154O17P2/c1-7-9-11-13-15-17-19-21-23-24-25-27-31-40-46-52-58-64-79(84)95-74(67-89-76(81)61-55-49-43-37-32-28-29-35-41-47-53-59-71(3)4)69-93-97(85,86)91-65-73(80)66-92-98(87,88)94-70-75(68-90-77(82)62-56-50-44-38-34-33-36-42-48-54-60-72(5)6)96-78(83)63-57-51-45-39-30-26-22-20-18-16-14-12-10-8-2/h71-75,80H,7-70H2,1-6H3,(H,85,86)(H,87,88)/t73-,74-,75-/m1/s1. The number of rotatable bonds is 78. The fraction of sp³-hybridized carbons (Fsp3) is 0.949. The molecule has 0 rings (SSSR count). The average molecular weight is 1440 g/mol. The summed E-state index contributed by atoms with van der Waals surface area (Å²) in [6.07, 6.45) is 59.5. The summed E-state index contributed by atoms with van der Waals surface area (Å²) in [6, 6.07) is 0. The lowest BCUT2D eigenvalue weighted by atomic mass is 10.0. The van der Waals surface area contributed by atoms with Gasteiger partial charge in [0.15, 0.2) is 12.2 Å². The Hall–Kier alpha value is -1.94. The number of unbranched alkanes of at least 4 members (excludes halogenated alkanes) is 48. The van der Waals surface area contributed by atoms with Crippen molar-refractivity contribution in [2.75, 3.05) is 39.6 Å². The van der Waals surface area contributed by atoms with Crippen molar-refractivity contribution in [2.45, 2.75) is 432 Å². The monoisotopic (exact) mass is 1440 g/mol. The highest BCUT2D eigenvalue weighted by Crippen LogP contribution is 2.45. The van der Waals surface area contributed by atoms with Gasteiger partial charge in [0, 0.05) is 25.7 Å². The maximum atomic E-state index is 13.1. The Morgan fingerprint density at radius 2 is 0.469 bits per heavy atom. The van der Waals surface area contributed by atoms with Crippen molar-refractivity contribution in [3.63, 3.8) is 0 Å². The second-order valence-corrected chi connectivity index (χ2v) is 32.3. The zero-order chi connectivity index (χ0) is 72.1. The lowest BCUT2D eigenvalue weighted by Gasteiger charge is -2.21. The molecule has 3 N–H and O–H groups in total. The SMILES string of the molecule is CCCCCCCCCCCCCCCCCCCC(=O)O[C@H](COC(=O)CCCCCCCCCCCCCC(C)C)COP(=O)(O)OC[C@@H](O)COP(=O)(O)OC[C@@H](COC(=O)CCCCCCCCCCCCC(C)C)OC(=O)CCCCCCCCCCCCCCCC. The van der Waals surface area contributed by atoms with Crippen LogP contribution in [0.1, 0.15) is 414 Å². The quantitative estimate of drug-likeness (QED) is 0.0222. The molecule has 0 aromatic heterocycles. The van der Waals surface area contributed by atoms with Gasteiger partial charge in [0.1, 0.15) is 19.3 Å². The Kier molecular flexibility index (Phi) is 69.3. The first-order valence-corrected chi connectivity index (χ1v) is 44.0. The summed E-state index contributed by atoms with van der Waals surface area (Å²) >= 11 is 0. The van der Waals surface area contributed by atoms with Crippen molar-refractivity contribution < 1.29 is 80.2 Å². The smallest absolute Gasteiger partial charge is 0.462 e. The Balaban J connectivity index is 5.27. The van der Waals surface area contributed by atoms with E-state index in [-0.39, 0.29) is 25.7 Å². The molecule has 0 aliphatic rings. The minimum atomic E-state index is -4.96. The number of phosphoric ester groups is 2. The van der Waals surface area contributed by atoms with E-state index in [9.17, 15) is 43.2 Å². The van der Waals surface area contributed by atoms with E-state index < -0.39 is 97.5 Å². The number of hydrogen-bond acceptors (Lipinski definition) is 15. The van der Waals surface area contributed by atoms with Crippen molar-refractivity contribution >= 4 is 39.5 Å². The van der Waals surface area contributed by atoms with E-state index in [1.54, 1.807) is 0 Å². The van der Waals surface area contributed by atoms with Gasteiger partial charge in [-0.1, -0.05) is 363 Å². The van der Waals surface area contributed by atoms with Gasteiger partial charge in [-0.2, -0.15) is 0 Å². The van der Waals surface area contributed by atoms with E-state index in [2.05, 4.69) is 41.5 Å². The molecule has 17 nitrogen and oxygen atoms in total. The molecular weight excluding hydrogens is 1280 g/mol. The van der Waals surface area contributed by atoms with Crippen molar-refractivity contribution in [1.29, 1.82) is 0 Å². The predicted octanol–water partition coefficient (Wildman–Crippen LogP) is 23.5. The molecule has 0 amide bonds. The lowest BCUT2D eigenvalue weighted by Crippen LogP contribution is -2.30. The minimum Gasteiger partial charge on any atom is -0.462 e. The third kappa shape index (κ3) is 72.4. The van der Waals surface area contributed by atoms with Crippen LogP contribution in [0.3, 0.4) is 0 Å². The van der Waals surface area contributed by atoms with Crippen molar-refractivity contribution in [2.24, 2.45) is 11.8 Å². The van der Waals surface area contributed by atoms with Gasteiger partial charge in [-0.25, -0.2) is 9.13 Å². The maximum absolute atomic E-state index is 13.1. The molecule has 98 heavy (non-hydrogen) atoms. The maximum Gasteiger partial charge on any atom is 0.472 e. The van der Waals surface area contributed by atoms with Gasteiger partial charge in [0.2, 0.25) is 0 Å². The highest BCUT2D eigenvalue weighted by Gasteiger charge is 2.30. The lowest BCUT2D eigenvalue weighted by molar-refractivity contribution is -0.161. The first-order valence-electron chi connectivity index (χ1n) is 41.0. The molecule has 0 aliphatic carbocycles. The number of ether oxygens (including phenoxy) is 4. The highest BCUT2D eigenvalue weighted by molar-refractivity contribution is 7.47. The molecule has 0 spiro atoms. The topological polar surface area (TPSA) is 237 Å². The van der Waals surface area contributed by atoms with Gasteiger partial charge in [0.05, 0.1) is 26.4 Å². The van der Waals surface area contributed by atoms with Crippen LogP contribution < -0.4 is 0 Å². The molecule has 0 heterocycles. The normalized spacial score (nSPS) is 13.9. The summed E-state index contributed by atoms with van der Waals surface area (Å²) < 4.78 is 68.7. The van der Waals surface area contributed by atoms with Crippen LogP contribution in [0, 0.1) is 11.8 Å². The van der Waals surface area contributed by atoms with E-state index in [0.717, 1.165) is 102 Å². The van der Waals surface area contributed by atoms with Gasteiger partial charge in [-0.05, 0) is 37.5 Å². The summed E-state index contributed by atoms with van der Waals surface area (Å²) in [6.45, 7) is 9.63. The molecule has 0 aromatic carbocycles. The molecule has 0 fully saturated rings. The zero-order valence-electron chi connectivity index (χ0n) is 64.1. The second kappa shape index (κ2) is 70.7. The van der Waals surface area contributed by atoms with Gasteiger partial charge >= 0.3 is 39.5 Å². The molecule has 2 unspecified atom stereocenters. The van der Waals surface area contributed by atoms with Crippen LogP contribution in [0.5, 0.6) is 0 Å². The molecule has 582 valence electrons. The molecular formula is C79H154O17P2. The van der Waals surface area contributed by atoms with Crippen LogP contribution in [-0.2, 0) is 65.4 Å². The van der Waals surface area contributed by atoms with Crippen molar-refractivity contribution in [3.05, 3.63) is 0 Å². The van der Waals surface area contributed by atoms with Crippen LogP contribution >= 0.6 is 15.6 Å². The first kappa shape index (κ1) is 96.1. The molecule has 0 aliphatic heterocycles. The Morgan fingerprint density at radius 1 is 0.276 bits per heavy atom. The number of esters is 4. The average Bonchev–Trinajstić information content (AvgIpc) is 1.07. The van der Waals surface area contributed by atoms with Crippen LogP contribution in [0.15, 0.2) is 0 Å². The predicted molar refractivity (Wildman–Crippen MR) is 400 cm³/mol. The van der Waals surface area contributed by atoms with Crippen LogP contribution in [-0.4, -0.2) is 96.7 Å². The van der Waals surface area contributed by atoms with Gasteiger partial charge in [-0.15, -0.1) is 0 Å². The fourth-order valence-electron chi connectivity index (χ4n) is 12.2. The molecule has 0 radical (unpaired) electrons. The van der Waals surface area contributed by atoms with Gasteiger partial charge in [0.25, 0.3) is 0 Å². The Morgan fingerprint density at radius 3 is 0.694 bits per heavy atom. The van der Waals surface area contributed by atoms with Gasteiger partial charge in [-0.3, -0.25) is 37.3 Å². The third-order valence-electron chi connectivity index (χ3n) is 18.5. The first-order chi connectivity index (χ1) is 47.4. The van der Waals surface area contributed by atoms with E-state index >= 15 is 0 Å². The molecule has 0 aromatic rings. The number of aliphatic hydroxyl groups is 1. The summed E-state index contributed by atoms with van der Waals surface area (Å²) in [7, 11) is -9.92. The number of aliphatic hydroxyl groups excluding tert-OH is 1. The number of hydrogen-bond donors (Lipinski definition) is 3. The third-order valence-corrected chi connectivity index (χ3v) is 20.4. The summed E-state index contributed by atoms with van der Waals surface area (Å²) in [5, 5.41) is 10.6.